The van der Waals surface area contributed by atoms with Gasteiger partial charge in [-0.3, -0.25) is 0 Å². The van der Waals surface area contributed by atoms with Gasteiger partial charge < -0.3 is 4.90 Å². The summed E-state index contributed by atoms with van der Waals surface area (Å²) in [6.07, 6.45) is 10.2. The highest BCUT2D eigenvalue weighted by Crippen LogP contribution is 2.31. The SMILES string of the molecule is C=C/C=C(\C=C/C)N(c1ccc(CC)cc1)c1ccc(CC)cc1. The monoisotopic (exact) mass is 317 g/mol. The Hall–Kier alpha value is -2.54. The van der Waals surface area contributed by atoms with Crippen LogP contribution in [0, 0.1) is 0 Å². The Kier molecular flexibility index (Phi) is 6.62. The molecule has 0 spiro atoms. The summed E-state index contributed by atoms with van der Waals surface area (Å²) >= 11 is 0. The summed E-state index contributed by atoms with van der Waals surface area (Å²) in [5, 5.41) is 0. The quantitative estimate of drug-likeness (QED) is 0.520. The standard InChI is InChI=1S/C23H27N/c1-5-9-21(10-6-2)24(22-15-11-19(7-3)12-16-22)23-17-13-20(8-4)14-18-23/h5-6,9-18H,1,7-8H2,2-4H3/b10-6-,21-9+. The summed E-state index contributed by atoms with van der Waals surface area (Å²) in [6.45, 7) is 10.3. The Balaban J connectivity index is 2.53. The summed E-state index contributed by atoms with van der Waals surface area (Å²) in [6, 6.07) is 17.5. The summed E-state index contributed by atoms with van der Waals surface area (Å²) < 4.78 is 0. The van der Waals surface area contributed by atoms with E-state index in [0.29, 0.717) is 0 Å². The van der Waals surface area contributed by atoms with Crippen molar-refractivity contribution in [2.24, 2.45) is 0 Å². The summed E-state index contributed by atoms with van der Waals surface area (Å²) in [7, 11) is 0. The van der Waals surface area contributed by atoms with Gasteiger partial charge in [-0.25, -0.2) is 0 Å². The number of anilines is 2. The van der Waals surface area contributed by atoms with Gasteiger partial charge in [0.25, 0.3) is 0 Å². The lowest BCUT2D eigenvalue weighted by molar-refractivity contribution is 1.12. The molecule has 0 unspecified atom stereocenters. The highest BCUT2D eigenvalue weighted by Gasteiger charge is 2.12. The molecule has 0 aliphatic carbocycles. The van der Waals surface area contributed by atoms with E-state index in [2.05, 4.69) is 86.0 Å². The minimum atomic E-state index is 1.05. The van der Waals surface area contributed by atoms with Crippen molar-refractivity contribution >= 4 is 11.4 Å². The van der Waals surface area contributed by atoms with Crippen molar-refractivity contribution in [3.8, 4) is 0 Å². The minimum absolute atomic E-state index is 1.05. The fourth-order valence-electron chi connectivity index (χ4n) is 2.70. The van der Waals surface area contributed by atoms with E-state index >= 15 is 0 Å². The van der Waals surface area contributed by atoms with Gasteiger partial charge in [-0.15, -0.1) is 0 Å². The zero-order chi connectivity index (χ0) is 17.4. The van der Waals surface area contributed by atoms with Crippen molar-refractivity contribution in [3.63, 3.8) is 0 Å². The lowest BCUT2D eigenvalue weighted by atomic mass is 10.1. The lowest BCUT2D eigenvalue weighted by Crippen LogP contribution is -2.15. The summed E-state index contributed by atoms with van der Waals surface area (Å²) in [5.41, 5.74) is 6.10. The van der Waals surface area contributed by atoms with Crippen molar-refractivity contribution in [3.05, 3.63) is 96.2 Å². The molecule has 0 aromatic heterocycles. The number of hydrogen-bond donors (Lipinski definition) is 0. The molecule has 0 amide bonds. The Morgan fingerprint density at radius 2 is 1.33 bits per heavy atom. The fourth-order valence-corrected chi connectivity index (χ4v) is 2.70. The third-order valence-corrected chi connectivity index (χ3v) is 4.09. The molecule has 0 aliphatic heterocycles. The molecule has 0 fully saturated rings. The van der Waals surface area contributed by atoms with Gasteiger partial charge in [0, 0.05) is 17.1 Å². The number of aryl methyl sites for hydroxylation is 2. The number of rotatable bonds is 7. The number of benzene rings is 2. The zero-order valence-electron chi connectivity index (χ0n) is 15.0. The van der Waals surface area contributed by atoms with Gasteiger partial charge in [-0.05, 0) is 67.3 Å². The first kappa shape index (κ1) is 17.8. The molecule has 0 radical (unpaired) electrons. The van der Waals surface area contributed by atoms with Crippen LogP contribution in [0.2, 0.25) is 0 Å². The number of nitrogens with zero attached hydrogens (tertiary/aromatic N) is 1. The van der Waals surface area contributed by atoms with Crippen molar-refractivity contribution < 1.29 is 0 Å². The van der Waals surface area contributed by atoms with E-state index in [-0.39, 0.29) is 0 Å². The molecule has 0 saturated heterocycles. The van der Waals surface area contributed by atoms with Crippen molar-refractivity contribution in [2.75, 3.05) is 4.90 Å². The van der Waals surface area contributed by atoms with Gasteiger partial charge >= 0.3 is 0 Å². The molecular formula is C23H27N. The van der Waals surface area contributed by atoms with E-state index in [0.717, 1.165) is 29.9 Å². The van der Waals surface area contributed by atoms with E-state index in [1.807, 2.05) is 19.1 Å². The van der Waals surface area contributed by atoms with Crippen LogP contribution in [0.25, 0.3) is 0 Å². The van der Waals surface area contributed by atoms with Crippen LogP contribution in [0.1, 0.15) is 31.9 Å². The van der Waals surface area contributed by atoms with Gasteiger partial charge in [0.05, 0.1) is 0 Å². The average Bonchev–Trinajstić information content (AvgIpc) is 2.63. The van der Waals surface area contributed by atoms with E-state index in [9.17, 15) is 0 Å². The zero-order valence-corrected chi connectivity index (χ0v) is 15.0. The second-order valence-electron chi connectivity index (χ2n) is 5.70. The Morgan fingerprint density at radius 1 is 0.875 bits per heavy atom. The van der Waals surface area contributed by atoms with E-state index in [1.165, 1.54) is 11.1 Å². The topological polar surface area (TPSA) is 3.24 Å². The van der Waals surface area contributed by atoms with Crippen molar-refractivity contribution in [1.82, 2.24) is 0 Å². The molecule has 0 saturated carbocycles. The molecular weight excluding hydrogens is 290 g/mol. The van der Waals surface area contributed by atoms with Crippen molar-refractivity contribution in [1.29, 1.82) is 0 Å². The maximum absolute atomic E-state index is 3.87. The second kappa shape index (κ2) is 8.93. The van der Waals surface area contributed by atoms with Gasteiger partial charge in [-0.1, -0.05) is 56.8 Å². The first-order valence-corrected chi connectivity index (χ1v) is 8.66. The molecule has 0 heterocycles. The normalized spacial score (nSPS) is 11.7. The van der Waals surface area contributed by atoms with Gasteiger partial charge in [0.2, 0.25) is 0 Å². The molecule has 2 aromatic carbocycles. The molecule has 24 heavy (non-hydrogen) atoms. The van der Waals surface area contributed by atoms with Crippen LogP contribution in [0.4, 0.5) is 11.4 Å². The maximum Gasteiger partial charge on any atom is 0.0461 e. The maximum atomic E-state index is 3.87. The number of allylic oxidation sites excluding steroid dienone is 4. The molecule has 0 N–H and O–H groups in total. The van der Waals surface area contributed by atoms with Crippen LogP contribution in [-0.2, 0) is 12.8 Å². The fraction of sp³-hybridized carbons (Fsp3) is 0.217. The van der Waals surface area contributed by atoms with Gasteiger partial charge in [0.15, 0.2) is 0 Å². The van der Waals surface area contributed by atoms with Crippen LogP contribution in [0.3, 0.4) is 0 Å². The molecule has 2 aromatic rings. The summed E-state index contributed by atoms with van der Waals surface area (Å²) in [5.74, 6) is 0. The van der Waals surface area contributed by atoms with Crippen LogP contribution < -0.4 is 4.90 Å². The largest absolute Gasteiger partial charge is 0.311 e. The summed E-state index contributed by atoms with van der Waals surface area (Å²) in [4.78, 5) is 2.26. The lowest BCUT2D eigenvalue weighted by Gasteiger charge is -2.26. The first-order chi connectivity index (χ1) is 11.7. The highest BCUT2D eigenvalue weighted by atomic mass is 15.1. The molecule has 0 atom stereocenters. The van der Waals surface area contributed by atoms with Crippen LogP contribution in [0.5, 0.6) is 0 Å². The van der Waals surface area contributed by atoms with E-state index in [4.69, 9.17) is 0 Å². The van der Waals surface area contributed by atoms with Crippen LogP contribution in [-0.4, -0.2) is 0 Å². The predicted molar refractivity (Wildman–Crippen MR) is 107 cm³/mol. The smallest absolute Gasteiger partial charge is 0.0461 e. The molecule has 0 aliphatic rings. The Bertz CT molecular complexity index is 655. The van der Waals surface area contributed by atoms with E-state index in [1.54, 1.807) is 0 Å². The third kappa shape index (κ3) is 4.26. The van der Waals surface area contributed by atoms with E-state index < -0.39 is 0 Å². The third-order valence-electron chi connectivity index (χ3n) is 4.09. The van der Waals surface area contributed by atoms with Gasteiger partial charge in [-0.2, -0.15) is 0 Å². The molecule has 0 bridgehead atoms. The Labute approximate surface area is 146 Å². The molecule has 1 heteroatoms. The average molecular weight is 317 g/mol. The predicted octanol–water partition coefficient (Wildman–Crippen LogP) is 6.60. The molecule has 124 valence electrons. The van der Waals surface area contributed by atoms with Crippen molar-refractivity contribution in [2.45, 2.75) is 33.6 Å². The number of hydrogen-bond acceptors (Lipinski definition) is 1. The minimum Gasteiger partial charge on any atom is -0.311 e. The second-order valence-corrected chi connectivity index (χ2v) is 5.70. The Morgan fingerprint density at radius 3 is 1.67 bits per heavy atom. The van der Waals surface area contributed by atoms with Crippen LogP contribution in [0.15, 0.2) is 85.1 Å². The van der Waals surface area contributed by atoms with Crippen LogP contribution >= 0.6 is 0 Å². The highest BCUT2D eigenvalue weighted by molar-refractivity contribution is 5.70. The van der Waals surface area contributed by atoms with Gasteiger partial charge in [0.1, 0.15) is 0 Å². The first-order valence-electron chi connectivity index (χ1n) is 8.66. The molecule has 1 nitrogen and oxygen atoms in total. The molecule has 2 rings (SSSR count).